The van der Waals surface area contributed by atoms with Crippen molar-refractivity contribution in [3.63, 3.8) is 0 Å². The van der Waals surface area contributed by atoms with Gasteiger partial charge < -0.3 is 9.47 Å². The third-order valence-corrected chi connectivity index (χ3v) is 5.35. The summed E-state index contributed by atoms with van der Waals surface area (Å²) < 4.78 is 38.1. The summed E-state index contributed by atoms with van der Waals surface area (Å²) in [7, 11) is -2.27. The Kier molecular flexibility index (Phi) is 5.69. The van der Waals surface area contributed by atoms with E-state index in [1.165, 1.54) is 19.2 Å². The number of esters is 1. The van der Waals surface area contributed by atoms with Gasteiger partial charge >= 0.3 is 5.97 Å². The van der Waals surface area contributed by atoms with Crippen molar-refractivity contribution in [3.8, 4) is 5.75 Å². The molecule has 0 fully saturated rings. The van der Waals surface area contributed by atoms with Gasteiger partial charge in [-0.15, -0.1) is 0 Å². The van der Waals surface area contributed by atoms with Gasteiger partial charge in [-0.2, -0.15) is 0 Å². The van der Waals surface area contributed by atoms with E-state index in [2.05, 4.69) is 4.72 Å². The Bertz CT molecular complexity index is 890. The summed E-state index contributed by atoms with van der Waals surface area (Å²) in [5.74, 6) is 0.126. The summed E-state index contributed by atoms with van der Waals surface area (Å²) in [5, 5.41) is 0. The highest BCUT2D eigenvalue weighted by Crippen LogP contribution is 2.28. The minimum atomic E-state index is -3.80. The maximum absolute atomic E-state index is 12.7. The van der Waals surface area contributed by atoms with Crippen LogP contribution in [0.25, 0.3) is 0 Å². The summed E-state index contributed by atoms with van der Waals surface area (Å²) in [4.78, 5) is 11.9. The van der Waals surface area contributed by atoms with Crippen molar-refractivity contribution in [1.82, 2.24) is 0 Å². The smallest absolute Gasteiger partial charge is 0.338 e. The molecule has 0 radical (unpaired) electrons. The van der Waals surface area contributed by atoms with Crippen molar-refractivity contribution in [2.45, 2.75) is 25.7 Å². The molecule has 0 spiro atoms. The molecular formula is C18H21NO5S. The van der Waals surface area contributed by atoms with Crippen LogP contribution in [-0.2, 0) is 14.8 Å². The second-order valence-electron chi connectivity index (χ2n) is 5.42. The van der Waals surface area contributed by atoms with Crippen LogP contribution in [0.2, 0.25) is 0 Å². The molecule has 0 aliphatic heterocycles. The lowest BCUT2D eigenvalue weighted by molar-refractivity contribution is 0.0526. The molecule has 6 nitrogen and oxygen atoms in total. The van der Waals surface area contributed by atoms with E-state index < -0.39 is 16.0 Å². The molecule has 0 aliphatic carbocycles. The molecule has 25 heavy (non-hydrogen) atoms. The monoisotopic (exact) mass is 363 g/mol. The van der Waals surface area contributed by atoms with Crippen LogP contribution in [0.15, 0.2) is 41.3 Å². The third kappa shape index (κ3) is 4.11. The highest BCUT2D eigenvalue weighted by Gasteiger charge is 2.20. The van der Waals surface area contributed by atoms with E-state index in [1.807, 2.05) is 0 Å². The molecule has 0 aliphatic rings. The van der Waals surface area contributed by atoms with E-state index in [0.29, 0.717) is 17.0 Å². The third-order valence-electron chi connectivity index (χ3n) is 3.82. The van der Waals surface area contributed by atoms with E-state index in [9.17, 15) is 13.2 Å². The fourth-order valence-corrected chi connectivity index (χ4v) is 3.77. The Morgan fingerprint density at radius 3 is 2.48 bits per heavy atom. The normalized spacial score (nSPS) is 11.0. The first kappa shape index (κ1) is 18.8. The van der Waals surface area contributed by atoms with E-state index in [1.54, 1.807) is 45.0 Å². The van der Waals surface area contributed by atoms with Crippen LogP contribution < -0.4 is 9.46 Å². The molecule has 0 amide bonds. The molecule has 1 N–H and O–H groups in total. The fraction of sp³-hybridized carbons (Fsp3) is 0.278. The number of carbonyl (C=O) groups is 1. The van der Waals surface area contributed by atoms with Crippen molar-refractivity contribution >= 4 is 21.7 Å². The molecule has 2 aromatic carbocycles. The first-order valence-electron chi connectivity index (χ1n) is 7.74. The summed E-state index contributed by atoms with van der Waals surface area (Å²) in [6.07, 6.45) is 0. The van der Waals surface area contributed by atoms with Gasteiger partial charge in [0.25, 0.3) is 10.0 Å². The first-order valence-corrected chi connectivity index (χ1v) is 9.22. The lowest BCUT2D eigenvalue weighted by Gasteiger charge is -2.14. The summed E-state index contributed by atoms with van der Waals surface area (Å²) in [6, 6.07) is 9.30. The minimum absolute atomic E-state index is 0.160. The van der Waals surface area contributed by atoms with E-state index in [-0.39, 0.29) is 17.1 Å². The van der Waals surface area contributed by atoms with Crippen LogP contribution in [0.1, 0.15) is 28.4 Å². The van der Waals surface area contributed by atoms with Crippen LogP contribution in [0.3, 0.4) is 0 Å². The van der Waals surface area contributed by atoms with Gasteiger partial charge in [0.2, 0.25) is 0 Å². The molecule has 0 bridgehead atoms. The Morgan fingerprint density at radius 2 is 1.84 bits per heavy atom. The lowest BCUT2D eigenvalue weighted by Crippen LogP contribution is -2.15. The topological polar surface area (TPSA) is 81.7 Å². The number of benzene rings is 2. The van der Waals surface area contributed by atoms with Crippen LogP contribution in [0.4, 0.5) is 5.69 Å². The van der Waals surface area contributed by atoms with Gasteiger partial charge in [-0.1, -0.05) is 6.07 Å². The van der Waals surface area contributed by atoms with Crippen molar-refractivity contribution in [1.29, 1.82) is 0 Å². The average Bonchev–Trinajstić information content (AvgIpc) is 2.57. The number of sulfonamides is 1. The predicted octanol–water partition coefficient (Wildman–Crippen LogP) is 3.29. The zero-order valence-electron chi connectivity index (χ0n) is 14.6. The SMILES string of the molecule is CCOC(=O)c1cccc(NS(=O)(=O)c2ccc(OC)c(C)c2C)c1. The van der Waals surface area contributed by atoms with Gasteiger partial charge in [-0.25, -0.2) is 13.2 Å². The molecule has 2 rings (SSSR count). The standard InChI is InChI=1S/C18H21NO5S/c1-5-24-18(20)14-7-6-8-15(11-14)19-25(21,22)17-10-9-16(23-4)12(2)13(17)3/h6-11,19H,5H2,1-4H3. The van der Waals surface area contributed by atoms with E-state index in [4.69, 9.17) is 9.47 Å². The number of nitrogens with one attached hydrogen (secondary N) is 1. The Balaban J connectivity index is 2.35. The predicted molar refractivity (Wildman–Crippen MR) is 95.7 cm³/mol. The second kappa shape index (κ2) is 7.57. The Hall–Kier alpha value is -2.54. The number of carbonyl (C=O) groups excluding carboxylic acids is 1. The minimum Gasteiger partial charge on any atom is -0.496 e. The summed E-state index contributed by atoms with van der Waals surface area (Å²) >= 11 is 0. The highest BCUT2D eigenvalue weighted by atomic mass is 32.2. The van der Waals surface area contributed by atoms with Gasteiger partial charge in [-0.05, 0) is 62.2 Å². The quantitative estimate of drug-likeness (QED) is 0.797. The molecule has 134 valence electrons. The highest BCUT2D eigenvalue weighted by molar-refractivity contribution is 7.92. The van der Waals surface area contributed by atoms with E-state index in [0.717, 1.165) is 5.56 Å². The van der Waals surface area contributed by atoms with Gasteiger partial charge in [0.05, 0.1) is 24.2 Å². The number of hydrogen-bond donors (Lipinski definition) is 1. The van der Waals surface area contributed by atoms with Crippen LogP contribution >= 0.6 is 0 Å². The van der Waals surface area contributed by atoms with Gasteiger partial charge in [0.15, 0.2) is 0 Å². The molecule has 0 unspecified atom stereocenters. The largest absolute Gasteiger partial charge is 0.496 e. The fourth-order valence-electron chi connectivity index (χ4n) is 2.42. The molecule has 0 atom stereocenters. The second-order valence-corrected chi connectivity index (χ2v) is 7.07. The van der Waals surface area contributed by atoms with Gasteiger partial charge in [0.1, 0.15) is 5.75 Å². The molecule has 0 heterocycles. The van der Waals surface area contributed by atoms with Crippen molar-refractivity contribution in [2.24, 2.45) is 0 Å². The maximum atomic E-state index is 12.7. The molecule has 0 saturated carbocycles. The molecule has 0 saturated heterocycles. The number of rotatable bonds is 6. The molecular weight excluding hydrogens is 342 g/mol. The summed E-state index contributed by atoms with van der Waals surface area (Å²) in [5.41, 5.74) is 1.93. The zero-order chi connectivity index (χ0) is 18.6. The molecule has 7 heteroatoms. The first-order chi connectivity index (χ1) is 11.8. The number of ether oxygens (including phenoxy) is 2. The maximum Gasteiger partial charge on any atom is 0.338 e. The number of hydrogen-bond acceptors (Lipinski definition) is 5. The lowest BCUT2D eigenvalue weighted by atomic mass is 10.1. The van der Waals surface area contributed by atoms with Crippen molar-refractivity contribution in [3.05, 3.63) is 53.1 Å². The van der Waals surface area contributed by atoms with Crippen molar-refractivity contribution in [2.75, 3.05) is 18.4 Å². The number of anilines is 1. The molecule has 0 aromatic heterocycles. The van der Waals surface area contributed by atoms with Crippen LogP contribution in [0, 0.1) is 13.8 Å². The van der Waals surface area contributed by atoms with Gasteiger partial charge in [-0.3, -0.25) is 4.72 Å². The zero-order valence-corrected chi connectivity index (χ0v) is 15.4. The molecule has 2 aromatic rings. The van der Waals surface area contributed by atoms with Gasteiger partial charge in [0, 0.05) is 5.69 Å². The average molecular weight is 363 g/mol. The number of methoxy groups -OCH3 is 1. The Morgan fingerprint density at radius 1 is 1.12 bits per heavy atom. The summed E-state index contributed by atoms with van der Waals surface area (Å²) in [6.45, 7) is 5.48. The van der Waals surface area contributed by atoms with Crippen LogP contribution in [-0.4, -0.2) is 28.1 Å². The Labute approximate surface area is 147 Å². The van der Waals surface area contributed by atoms with Crippen molar-refractivity contribution < 1.29 is 22.7 Å². The van der Waals surface area contributed by atoms with E-state index >= 15 is 0 Å². The van der Waals surface area contributed by atoms with Crippen LogP contribution in [0.5, 0.6) is 5.75 Å².